The van der Waals surface area contributed by atoms with Gasteiger partial charge in [-0.15, -0.1) is 0 Å². The number of aliphatic hydroxyl groups excluding tert-OH is 4. The SMILES string of the molecule is CCCCCCCCCCCCCCCCCC(=O)[O-].CCCCCCCCCCCCOS(=O)(=O)[O-].Cc1ccc(C2OC[C@@H]3OC(c4ccc(C)cc4)O[C@H]([C@H](O)CO)[C@@H]3O2)cc1.Cc1ccc(C2OC[C@@H]3OC(c4ccc(C)cc4)O[C@H]([C@H](O)CO)[C@@H]3O2)cc1.[Na+].[Na+]. The van der Waals surface area contributed by atoms with Crippen molar-refractivity contribution in [1.29, 1.82) is 0 Å². The molecule has 4 fully saturated rings. The first-order valence-electron chi connectivity index (χ1n) is 34.7. The van der Waals surface area contributed by atoms with Crippen molar-refractivity contribution in [3.05, 3.63) is 142 Å². The van der Waals surface area contributed by atoms with Crippen molar-refractivity contribution in [3.63, 3.8) is 0 Å². The second kappa shape index (κ2) is 50.1. The summed E-state index contributed by atoms with van der Waals surface area (Å²) >= 11 is 0. The molecule has 4 aliphatic heterocycles. The van der Waals surface area contributed by atoms with Gasteiger partial charge in [0.25, 0.3) is 0 Å². The smallest absolute Gasteiger partial charge is 0.726 e. The van der Waals surface area contributed by atoms with Crippen LogP contribution in [0.15, 0.2) is 97.1 Å². The molecular weight excluding hydrogens is 1250 g/mol. The van der Waals surface area contributed by atoms with Crippen molar-refractivity contribution in [2.45, 2.75) is 282 Å². The van der Waals surface area contributed by atoms with Crippen LogP contribution < -0.4 is 64.2 Å². The summed E-state index contributed by atoms with van der Waals surface area (Å²) in [4.78, 5) is 10.2. The zero-order valence-corrected chi connectivity index (χ0v) is 63.3. The molecule has 0 aromatic heterocycles. The Morgan fingerprint density at radius 1 is 0.442 bits per heavy atom. The number of aryl methyl sites for hydroxylation is 4. The van der Waals surface area contributed by atoms with Gasteiger partial charge < -0.3 is 72.8 Å². The second-order valence-electron chi connectivity index (χ2n) is 25.4. The van der Waals surface area contributed by atoms with E-state index in [4.69, 9.17) is 37.9 Å². The summed E-state index contributed by atoms with van der Waals surface area (Å²) in [5.41, 5.74) is 8.04. The van der Waals surface area contributed by atoms with Crippen LogP contribution in [0, 0.1) is 27.7 Å². The Morgan fingerprint density at radius 2 is 0.716 bits per heavy atom. The predicted octanol–water partition coefficient (Wildman–Crippen LogP) is 7.50. The van der Waals surface area contributed by atoms with Crippen LogP contribution in [0.4, 0.5) is 0 Å². The quantitative estimate of drug-likeness (QED) is 0.0149. The van der Waals surface area contributed by atoms with Gasteiger partial charge in [0.2, 0.25) is 10.4 Å². The molecule has 4 saturated heterocycles. The number of hydrogen-bond donors (Lipinski definition) is 4. The molecule has 4 aliphatic rings. The van der Waals surface area contributed by atoms with Crippen molar-refractivity contribution in [1.82, 2.24) is 0 Å². The Morgan fingerprint density at radius 3 is 0.989 bits per heavy atom. The summed E-state index contributed by atoms with van der Waals surface area (Å²) in [5.74, 6) is -0.903. The third-order valence-electron chi connectivity index (χ3n) is 17.2. The van der Waals surface area contributed by atoms with Crippen LogP contribution in [-0.2, 0) is 57.3 Å². The molecule has 0 radical (unpaired) electrons. The Kier molecular flexibility index (Phi) is 45.9. The van der Waals surface area contributed by atoms with Crippen LogP contribution >= 0.6 is 0 Å². The Bertz CT molecular complexity index is 2550. The van der Waals surface area contributed by atoms with Crippen LogP contribution in [-0.4, -0.2) is 121 Å². The zero-order chi connectivity index (χ0) is 67.2. The monoisotopic (exact) mass is 1370 g/mol. The van der Waals surface area contributed by atoms with E-state index in [2.05, 4.69) is 18.0 Å². The standard InChI is InChI=1S/2C22H26O6.C18H36O2.C12H26O4S.2Na/c2*1-13-3-7-15(8-4-13)21-25-12-18-20(28-21)19(17(24)11-23)27-22(26-18)16-9-5-14(2)6-10-16;1-2-3-4-5-6-7-8-9-10-11-12-13-14-15-16-17-18(19)20;1-2-3-4-5-6-7-8-9-10-11-12-16-17(13,14)15;;/h2*3-10,17-24H,11-12H2,1-2H3;2-17H2,1H3,(H,19,20);2-12H2,1H3,(H,13,14,15);;/q;;;;2*+1/p-2/t2*17-,18+,19-,20-,21?,22?;;;;/m11..../s1. The molecule has 95 heavy (non-hydrogen) atoms. The maximum atomic E-state index is 10.4. The fraction of sp³-hybridized carbons (Fsp3) is 0.662. The van der Waals surface area contributed by atoms with E-state index in [-0.39, 0.29) is 72.1 Å². The summed E-state index contributed by atoms with van der Waals surface area (Å²) in [6, 6.07) is 31.5. The molecule has 524 valence electrons. The number of carboxylic acid groups (broad SMARTS) is 1. The summed E-state index contributed by atoms with van der Waals surface area (Å²) in [5, 5.41) is 50.0. The molecule has 0 aliphatic carbocycles. The molecule has 4 heterocycles. The molecule has 0 amide bonds. The minimum atomic E-state index is -4.48. The molecule has 12 atom stereocenters. The first kappa shape index (κ1) is 87.0. The number of hydrogen-bond acceptors (Lipinski definition) is 18. The first-order valence-corrected chi connectivity index (χ1v) is 36.1. The fourth-order valence-corrected chi connectivity index (χ4v) is 11.8. The summed E-state index contributed by atoms with van der Waals surface area (Å²) in [7, 11) is -4.48. The van der Waals surface area contributed by atoms with Crippen LogP contribution in [0.5, 0.6) is 0 Å². The van der Waals surface area contributed by atoms with Crippen molar-refractivity contribution in [3.8, 4) is 0 Å². The van der Waals surface area contributed by atoms with Gasteiger partial charge in [0.1, 0.15) is 48.8 Å². The van der Waals surface area contributed by atoms with Crippen LogP contribution in [0.3, 0.4) is 0 Å². The van der Waals surface area contributed by atoms with E-state index in [0.29, 0.717) is 19.6 Å². The molecule has 4 aromatic rings. The van der Waals surface area contributed by atoms with E-state index < -0.39 is 104 Å². The number of rotatable bonds is 36. The number of aliphatic carboxylic acids is 1. The molecule has 4 aromatic carbocycles. The van der Waals surface area contributed by atoms with Crippen LogP contribution in [0.2, 0.25) is 0 Å². The number of ether oxygens (including phenoxy) is 8. The van der Waals surface area contributed by atoms with Gasteiger partial charge >= 0.3 is 59.1 Å². The molecule has 18 nitrogen and oxygen atoms in total. The van der Waals surface area contributed by atoms with Gasteiger partial charge in [-0.05, 0) is 47.0 Å². The van der Waals surface area contributed by atoms with E-state index in [1.54, 1.807) is 0 Å². The maximum absolute atomic E-state index is 10.4. The topological polar surface area (TPSA) is 261 Å². The summed E-state index contributed by atoms with van der Waals surface area (Å²) in [6.07, 6.45) is 23.6. The van der Waals surface area contributed by atoms with E-state index in [0.717, 1.165) is 70.2 Å². The van der Waals surface area contributed by atoms with E-state index in [1.807, 2.05) is 125 Å². The predicted molar refractivity (Wildman–Crippen MR) is 355 cm³/mol. The molecule has 0 spiro atoms. The minimum Gasteiger partial charge on any atom is -0.726 e. The average Bonchev–Trinajstić information content (AvgIpc) is 0.797. The fourth-order valence-electron chi connectivity index (χ4n) is 11.5. The first-order chi connectivity index (χ1) is 44.9. The van der Waals surface area contributed by atoms with Crippen molar-refractivity contribution >= 4 is 16.4 Å². The third kappa shape index (κ3) is 34.3. The van der Waals surface area contributed by atoms with E-state index in [1.165, 1.54) is 128 Å². The molecule has 0 saturated carbocycles. The molecule has 4 unspecified atom stereocenters. The number of carbonyl (C=O) groups excluding carboxylic acids is 1. The minimum absolute atomic E-state index is 0. The summed E-state index contributed by atoms with van der Waals surface area (Å²) in [6.45, 7) is 12.3. The average molecular weight is 1370 g/mol. The van der Waals surface area contributed by atoms with Gasteiger partial charge in [0.15, 0.2) is 25.2 Å². The van der Waals surface area contributed by atoms with Crippen LogP contribution in [0.1, 0.15) is 250 Å². The molecule has 0 bridgehead atoms. The Hall–Kier alpha value is -2.26. The zero-order valence-electron chi connectivity index (χ0n) is 58.5. The number of carboxylic acids is 1. The van der Waals surface area contributed by atoms with Gasteiger partial charge in [0, 0.05) is 28.2 Å². The van der Waals surface area contributed by atoms with Crippen LogP contribution in [0.25, 0.3) is 0 Å². The normalized spacial score (nSPS) is 22.8. The number of benzene rings is 4. The largest absolute Gasteiger partial charge is 1.00 e. The van der Waals surface area contributed by atoms with Crippen molar-refractivity contribution < 1.29 is 144 Å². The van der Waals surface area contributed by atoms with Gasteiger partial charge in [0.05, 0.1) is 33.0 Å². The Balaban J connectivity index is 0.000000336. The molecule has 8 rings (SSSR count). The summed E-state index contributed by atoms with van der Waals surface area (Å²) < 4.78 is 82.7. The number of fused-ring (bicyclic) bond motifs is 2. The maximum Gasteiger partial charge on any atom is 1.00 e. The van der Waals surface area contributed by atoms with Crippen molar-refractivity contribution in [2.75, 3.05) is 33.0 Å². The third-order valence-corrected chi connectivity index (χ3v) is 17.6. The van der Waals surface area contributed by atoms with Gasteiger partial charge in [-0.3, -0.25) is 4.18 Å². The number of aliphatic hydroxyl groups is 4. The van der Waals surface area contributed by atoms with E-state index >= 15 is 0 Å². The molecular formula is C74H112Na2O18S. The Labute approximate surface area is 613 Å². The molecule has 4 N–H and O–H groups in total. The van der Waals surface area contributed by atoms with Gasteiger partial charge in [-0.25, -0.2) is 8.42 Å². The van der Waals surface area contributed by atoms with Gasteiger partial charge in [-0.2, -0.15) is 0 Å². The van der Waals surface area contributed by atoms with E-state index in [9.17, 15) is 43.3 Å². The second-order valence-corrected chi connectivity index (χ2v) is 26.4. The molecule has 21 heteroatoms. The van der Waals surface area contributed by atoms with Gasteiger partial charge in [-0.1, -0.05) is 281 Å². The number of unbranched alkanes of at least 4 members (excludes halogenated alkanes) is 23. The van der Waals surface area contributed by atoms with Crippen molar-refractivity contribution in [2.24, 2.45) is 0 Å². The number of carbonyl (C=O) groups is 1.